The summed E-state index contributed by atoms with van der Waals surface area (Å²) in [6.07, 6.45) is 1.88. The van der Waals surface area contributed by atoms with E-state index in [4.69, 9.17) is 0 Å². The summed E-state index contributed by atoms with van der Waals surface area (Å²) in [7, 11) is 0. The van der Waals surface area contributed by atoms with Gasteiger partial charge < -0.3 is 0 Å². The number of nitrogens with zero attached hydrogens (tertiary/aromatic N) is 1. The monoisotopic (exact) mass is 189 g/mol. The Kier molecular flexibility index (Phi) is 4.68. The van der Waals surface area contributed by atoms with Gasteiger partial charge in [0.1, 0.15) is 0 Å². The second kappa shape index (κ2) is 4.74. The molecule has 0 aromatic carbocycles. The summed E-state index contributed by atoms with van der Waals surface area (Å²) in [6.45, 7) is 6.21. The Bertz CT molecular complexity index is 132. The number of alkyl halides is 1. The van der Waals surface area contributed by atoms with E-state index in [-0.39, 0.29) is 0 Å². The van der Waals surface area contributed by atoms with Gasteiger partial charge in [0.15, 0.2) is 0 Å². The second-order valence-corrected chi connectivity index (χ2v) is 2.62. The highest BCUT2D eigenvalue weighted by atomic mass is 79.9. The van der Waals surface area contributed by atoms with Crippen molar-refractivity contribution >= 4 is 22.1 Å². The summed E-state index contributed by atoms with van der Waals surface area (Å²) < 4.78 is 0. The summed E-state index contributed by atoms with van der Waals surface area (Å²) in [5.74, 6) is 0. The summed E-state index contributed by atoms with van der Waals surface area (Å²) in [5, 5.41) is 0. The largest absolute Gasteiger partial charge is 0.281 e. The molecule has 0 unspecified atom stereocenters. The highest BCUT2D eigenvalue weighted by Gasteiger charge is 1.83. The fourth-order valence-corrected chi connectivity index (χ4v) is 0.445. The van der Waals surface area contributed by atoms with Crippen LogP contribution in [0.1, 0.15) is 20.8 Å². The molecule has 0 radical (unpaired) electrons. The van der Waals surface area contributed by atoms with Crippen LogP contribution in [0.5, 0.6) is 0 Å². The molecule has 0 atom stereocenters. The van der Waals surface area contributed by atoms with E-state index in [0.29, 0.717) is 5.45 Å². The standard InChI is InChI=1S/C7H12BrN/c1-6(2)7(3)4-9-5-8/h4H,5H2,1-3H3/b9-4-. The summed E-state index contributed by atoms with van der Waals surface area (Å²) in [4.78, 5) is 4.03. The van der Waals surface area contributed by atoms with Gasteiger partial charge in [0.25, 0.3) is 0 Å². The molecule has 0 aromatic heterocycles. The van der Waals surface area contributed by atoms with E-state index >= 15 is 0 Å². The Hall–Kier alpha value is -0.110. The van der Waals surface area contributed by atoms with Gasteiger partial charge in [0.05, 0.1) is 5.45 Å². The minimum Gasteiger partial charge on any atom is -0.281 e. The van der Waals surface area contributed by atoms with Crippen molar-refractivity contribution in [1.82, 2.24) is 0 Å². The number of hydrogen-bond donors (Lipinski definition) is 0. The first kappa shape index (κ1) is 8.89. The van der Waals surface area contributed by atoms with Crippen LogP contribution in [-0.4, -0.2) is 11.7 Å². The molecule has 1 nitrogen and oxygen atoms in total. The normalized spacial score (nSPS) is 10.2. The van der Waals surface area contributed by atoms with Gasteiger partial charge in [-0.05, 0) is 26.3 Å². The van der Waals surface area contributed by atoms with Crippen molar-refractivity contribution in [1.29, 1.82) is 0 Å². The quantitative estimate of drug-likeness (QED) is 0.360. The maximum absolute atomic E-state index is 4.03. The van der Waals surface area contributed by atoms with Gasteiger partial charge in [-0.15, -0.1) is 0 Å². The molecule has 0 N–H and O–H groups in total. The maximum atomic E-state index is 4.03. The van der Waals surface area contributed by atoms with Crippen LogP contribution in [0.4, 0.5) is 0 Å². The smallest absolute Gasteiger partial charge is 0.0940 e. The van der Waals surface area contributed by atoms with Crippen molar-refractivity contribution in [2.45, 2.75) is 20.8 Å². The van der Waals surface area contributed by atoms with Gasteiger partial charge in [-0.3, -0.25) is 4.99 Å². The van der Waals surface area contributed by atoms with Gasteiger partial charge in [-0.2, -0.15) is 0 Å². The zero-order valence-electron chi connectivity index (χ0n) is 6.11. The lowest BCUT2D eigenvalue weighted by atomic mass is 10.2. The van der Waals surface area contributed by atoms with Crippen molar-refractivity contribution in [3.63, 3.8) is 0 Å². The Morgan fingerprint density at radius 3 is 2.33 bits per heavy atom. The SMILES string of the molecule is CC(C)=C(C)/C=N\CBr. The summed E-state index contributed by atoms with van der Waals surface area (Å²) >= 11 is 3.21. The van der Waals surface area contributed by atoms with Crippen molar-refractivity contribution in [2.75, 3.05) is 5.45 Å². The van der Waals surface area contributed by atoms with E-state index in [2.05, 4.69) is 41.7 Å². The van der Waals surface area contributed by atoms with Gasteiger partial charge in [0, 0.05) is 6.21 Å². The maximum Gasteiger partial charge on any atom is 0.0940 e. The van der Waals surface area contributed by atoms with Gasteiger partial charge in [-0.1, -0.05) is 21.5 Å². The van der Waals surface area contributed by atoms with Gasteiger partial charge >= 0.3 is 0 Å². The number of halogens is 1. The van der Waals surface area contributed by atoms with E-state index in [0.717, 1.165) is 0 Å². The molecule has 0 aromatic rings. The lowest BCUT2D eigenvalue weighted by Gasteiger charge is -1.92. The predicted molar refractivity (Wildman–Crippen MR) is 46.3 cm³/mol. The molecule has 0 saturated heterocycles. The fourth-order valence-electron chi connectivity index (χ4n) is 0.301. The zero-order valence-corrected chi connectivity index (χ0v) is 7.70. The van der Waals surface area contributed by atoms with E-state index < -0.39 is 0 Å². The molecular formula is C7H12BrN. The molecule has 0 fully saturated rings. The minimum atomic E-state index is 0.692. The van der Waals surface area contributed by atoms with Crippen LogP contribution in [-0.2, 0) is 0 Å². The molecule has 52 valence electrons. The molecule has 0 aliphatic heterocycles. The number of allylic oxidation sites excluding steroid dienone is 2. The lowest BCUT2D eigenvalue weighted by Crippen LogP contribution is -1.80. The molecular weight excluding hydrogens is 178 g/mol. The van der Waals surface area contributed by atoms with E-state index in [1.54, 1.807) is 0 Å². The Labute approximate surface area is 65.0 Å². The first-order chi connectivity index (χ1) is 4.18. The molecule has 0 rings (SSSR count). The van der Waals surface area contributed by atoms with Crippen molar-refractivity contribution in [2.24, 2.45) is 4.99 Å². The molecule has 0 bridgehead atoms. The zero-order chi connectivity index (χ0) is 7.28. The first-order valence-electron chi connectivity index (χ1n) is 2.88. The number of hydrogen-bond acceptors (Lipinski definition) is 1. The minimum absolute atomic E-state index is 0.692. The topological polar surface area (TPSA) is 12.4 Å². The van der Waals surface area contributed by atoms with E-state index in [1.807, 2.05) is 6.21 Å². The van der Waals surface area contributed by atoms with E-state index in [1.165, 1.54) is 11.1 Å². The van der Waals surface area contributed by atoms with Crippen LogP contribution >= 0.6 is 15.9 Å². The number of rotatable bonds is 2. The molecule has 9 heavy (non-hydrogen) atoms. The highest BCUT2D eigenvalue weighted by Crippen LogP contribution is 1.97. The molecule has 0 heterocycles. The first-order valence-corrected chi connectivity index (χ1v) is 4.00. The van der Waals surface area contributed by atoms with Gasteiger partial charge in [-0.25, -0.2) is 0 Å². The summed E-state index contributed by atoms with van der Waals surface area (Å²) in [6, 6.07) is 0. The molecule has 2 heteroatoms. The van der Waals surface area contributed by atoms with Crippen molar-refractivity contribution in [3.8, 4) is 0 Å². The van der Waals surface area contributed by atoms with Crippen molar-refractivity contribution in [3.05, 3.63) is 11.1 Å². The van der Waals surface area contributed by atoms with Crippen LogP contribution in [0.2, 0.25) is 0 Å². The third-order valence-electron chi connectivity index (χ3n) is 1.14. The third-order valence-corrected chi connectivity index (χ3v) is 1.43. The molecule has 0 aliphatic carbocycles. The predicted octanol–water partition coefficient (Wildman–Crippen LogP) is 2.77. The molecule has 0 amide bonds. The highest BCUT2D eigenvalue weighted by molar-refractivity contribution is 9.09. The van der Waals surface area contributed by atoms with Gasteiger partial charge in [0.2, 0.25) is 0 Å². The van der Waals surface area contributed by atoms with Crippen LogP contribution in [0.25, 0.3) is 0 Å². The third kappa shape index (κ3) is 4.40. The van der Waals surface area contributed by atoms with Crippen LogP contribution in [0.15, 0.2) is 16.1 Å². The second-order valence-electron chi connectivity index (χ2n) is 2.11. The average Bonchev–Trinajstić information content (AvgIpc) is 1.82. The van der Waals surface area contributed by atoms with Crippen LogP contribution in [0, 0.1) is 0 Å². The lowest BCUT2D eigenvalue weighted by molar-refractivity contribution is 1.31. The summed E-state index contributed by atoms with van der Waals surface area (Å²) in [5.41, 5.74) is 3.26. The average molecular weight is 190 g/mol. The molecule has 0 aliphatic rings. The van der Waals surface area contributed by atoms with Crippen molar-refractivity contribution < 1.29 is 0 Å². The molecule has 0 spiro atoms. The van der Waals surface area contributed by atoms with E-state index in [9.17, 15) is 0 Å². The fraction of sp³-hybridized carbons (Fsp3) is 0.571. The Morgan fingerprint density at radius 1 is 1.44 bits per heavy atom. The van der Waals surface area contributed by atoms with Crippen LogP contribution in [0.3, 0.4) is 0 Å². The van der Waals surface area contributed by atoms with Crippen LogP contribution < -0.4 is 0 Å². The molecule has 0 saturated carbocycles. The number of aliphatic imine (C=N–C) groups is 1. The Morgan fingerprint density at radius 2 is 2.00 bits per heavy atom. The Balaban J connectivity index is 3.91.